The number of carbonyl (C=O) groups excluding carboxylic acids is 1. The van der Waals surface area contributed by atoms with E-state index in [1.54, 1.807) is 0 Å². The van der Waals surface area contributed by atoms with Gasteiger partial charge in [-0.3, -0.25) is 9.88 Å². The van der Waals surface area contributed by atoms with Crippen molar-refractivity contribution in [3.63, 3.8) is 0 Å². The van der Waals surface area contributed by atoms with Gasteiger partial charge in [0.2, 0.25) is 0 Å². The Labute approximate surface area is 114 Å². The molecule has 5 heteroatoms. The number of nitrogens with zero attached hydrogens (tertiary/aromatic N) is 3. The summed E-state index contributed by atoms with van der Waals surface area (Å²) in [7, 11) is 0. The van der Waals surface area contributed by atoms with Crippen LogP contribution in [0.1, 0.15) is 19.5 Å². The molecule has 0 radical (unpaired) electrons. The van der Waals surface area contributed by atoms with Crippen LogP contribution in [0.25, 0.3) is 0 Å². The van der Waals surface area contributed by atoms with Crippen LogP contribution in [0.3, 0.4) is 0 Å². The Morgan fingerprint density at radius 3 is 2.63 bits per heavy atom. The minimum atomic E-state index is 0.0486. The van der Waals surface area contributed by atoms with E-state index in [-0.39, 0.29) is 12.1 Å². The quantitative estimate of drug-likeness (QED) is 0.893. The normalized spacial score (nSPS) is 16.7. The lowest BCUT2D eigenvalue weighted by Gasteiger charge is -2.34. The van der Waals surface area contributed by atoms with Crippen molar-refractivity contribution in [3.8, 4) is 0 Å². The van der Waals surface area contributed by atoms with Crippen molar-refractivity contribution >= 4 is 6.03 Å². The van der Waals surface area contributed by atoms with Gasteiger partial charge in [0.1, 0.15) is 0 Å². The molecule has 0 saturated carbocycles. The third kappa shape index (κ3) is 4.21. The largest absolute Gasteiger partial charge is 0.336 e. The number of hydrogen-bond donors (Lipinski definition) is 1. The molecule has 0 spiro atoms. The third-order valence-electron chi connectivity index (χ3n) is 3.18. The maximum atomic E-state index is 11.9. The Morgan fingerprint density at radius 1 is 1.32 bits per heavy atom. The van der Waals surface area contributed by atoms with Gasteiger partial charge in [-0.2, -0.15) is 0 Å². The molecule has 1 N–H and O–H groups in total. The van der Waals surface area contributed by atoms with Crippen molar-refractivity contribution < 1.29 is 4.79 Å². The summed E-state index contributed by atoms with van der Waals surface area (Å²) in [6, 6.07) is 6.22. The van der Waals surface area contributed by atoms with E-state index in [9.17, 15) is 4.79 Å². The molecule has 1 aromatic rings. The summed E-state index contributed by atoms with van der Waals surface area (Å²) in [6.07, 6.45) is 1.82. The van der Waals surface area contributed by atoms with Crippen LogP contribution in [0.2, 0.25) is 0 Å². The van der Waals surface area contributed by atoms with Gasteiger partial charge in [-0.1, -0.05) is 6.07 Å². The second kappa shape index (κ2) is 6.52. The lowest BCUT2D eigenvalue weighted by atomic mass is 10.2. The SMILES string of the molecule is CC(C)NC(=O)N1CCN(Cc2ccccn2)CC1. The summed E-state index contributed by atoms with van der Waals surface area (Å²) in [4.78, 5) is 20.4. The zero-order chi connectivity index (χ0) is 13.7. The van der Waals surface area contributed by atoms with Crippen LogP contribution in [0, 0.1) is 0 Å². The second-order valence-corrected chi connectivity index (χ2v) is 5.19. The van der Waals surface area contributed by atoms with E-state index in [0.717, 1.165) is 38.4 Å². The maximum absolute atomic E-state index is 11.9. The molecule has 0 aliphatic carbocycles. The van der Waals surface area contributed by atoms with Gasteiger partial charge in [-0.25, -0.2) is 4.79 Å². The number of aromatic nitrogens is 1. The number of amides is 2. The van der Waals surface area contributed by atoms with Gasteiger partial charge < -0.3 is 10.2 Å². The van der Waals surface area contributed by atoms with Crippen molar-refractivity contribution in [1.82, 2.24) is 20.1 Å². The van der Waals surface area contributed by atoms with Crippen molar-refractivity contribution in [3.05, 3.63) is 30.1 Å². The Bertz CT molecular complexity index is 399. The highest BCUT2D eigenvalue weighted by molar-refractivity contribution is 5.74. The highest BCUT2D eigenvalue weighted by Gasteiger charge is 2.21. The summed E-state index contributed by atoms with van der Waals surface area (Å²) < 4.78 is 0. The highest BCUT2D eigenvalue weighted by atomic mass is 16.2. The zero-order valence-corrected chi connectivity index (χ0v) is 11.7. The first-order chi connectivity index (χ1) is 9.15. The summed E-state index contributed by atoms with van der Waals surface area (Å²) in [5, 5.41) is 2.93. The van der Waals surface area contributed by atoms with Gasteiger partial charge in [0, 0.05) is 45.0 Å². The molecule has 2 heterocycles. The van der Waals surface area contributed by atoms with Gasteiger partial charge in [0.15, 0.2) is 0 Å². The number of hydrogen-bond acceptors (Lipinski definition) is 3. The molecule has 0 aromatic carbocycles. The molecule has 1 fully saturated rings. The van der Waals surface area contributed by atoms with Crippen molar-refractivity contribution in [2.24, 2.45) is 0 Å². The number of pyridine rings is 1. The van der Waals surface area contributed by atoms with Gasteiger partial charge in [-0.05, 0) is 26.0 Å². The molecule has 1 aliphatic heterocycles. The smallest absolute Gasteiger partial charge is 0.317 e. The monoisotopic (exact) mass is 262 g/mol. The molecule has 1 saturated heterocycles. The van der Waals surface area contributed by atoms with E-state index >= 15 is 0 Å². The fourth-order valence-electron chi connectivity index (χ4n) is 2.17. The first-order valence-electron chi connectivity index (χ1n) is 6.83. The first kappa shape index (κ1) is 13.8. The van der Waals surface area contributed by atoms with Crippen LogP contribution in [0.15, 0.2) is 24.4 Å². The third-order valence-corrected chi connectivity index (χ3v) is 3.18. The number of urea groups is 1. The Balaban J connectivity index is 1.78. The Hall–Kier alpha value is -1.62. The van der Waals surface area contributed by atoms with Crippen LogP contribution in [-0.2, 0) is 6.54 Å². The molecule has 2 rings (SSSR count). The van der Waals surface area contributed by atoms with Crippen LogP contribution in [0.4, 0.5) is 4.79 Å². The Kier molecular flexibility index (Phi) is 4.74. The molecule has 0 bridgehead atoms. The van der Waals surface area contributed by atoms with Gasteiger partial charge in [0.05, 0.1) is 5.69 Å². The van der Waals surface area contributed by atoms with E-state index in [2.05, 4.69) is 15.2 Å². The van der Waals surface area contributed by atoms with Crippen LogP contribution in [0.5, 0.6) is 0 Å². The standard InChI is InChI=1S/C14H22N4O/c1-12(2)16-14(19)18-9-7-17(8-10-18)11-13-5-3-4-6-15-13/h3-6,12H,7-11H2,1-2H3,(H,16,19). The Morgan fingerprint density at radius 2 is 2.05 bits per heavy atom. The zero-order valence-electron chi connectivity index (χ0n) is 11.7. The number of piperazine rings is 1. The molecule has 19 heavy (non-hydrogen) atoms. The molecule has 2 amide bonds. The summed E-state index contributed by atoms with van der Waals surface area (Å²) in [5.74, 6) is 0. The van der Waals surface area contributed by atoms with Gasteiger partial charge >= 0.3 is 6.03 Å². The minimum absolute atomic E-state index is 0.0486. The molecule has 1 aromatic heterocycles. The highest BCUT2D eigenvalue weighted by Crippen LogP contribution is 2.06. The number of carbonyl (C=O) groups is 1. The van der Waals surface area contributed by atoms with Crippen LogP contribution < -0.4 is 5.32 Å². The summed E-state index contributed by atoms with van der Waals surface area (Å²) >= 11 is 0. The van der Waals surface area contributed by atoms with E-state index < -0.39 is 0 Å². The molecule has 5 nitrogen and oxygen atoms in total. The van der Waals surface area contributed by atoms with Crippen molar-refractivity contribution in [1.29, 1.82) is 0 Å². The number of rotatable bonds is 3. The van der Waals surface area contributed by atoms with Gasteiger partial charge in [-0.15, -0.1) is 0 Å². The predicted octanol–water partition coefficient (Wildman–Crippen LogP) is 1.32. The lowest BCUT2D eigenvalue weighted by Crippen LogP contribution is -2.52. The number of nitrogens with one attached hydrogen (secondary N) is 1. The maximum Gasteiger partial charge on any atom is 0.317 e. The van der Waals surface area contributed by atoms with E-state index in [1.165, 1.54) is 0 Å². The van der Waals surface area contributed by atoms with E-state index in [1.807, 2.05) is 43.1 Å². The fourth-order valence-corrected chi connectivity index (χ4v) is 2.17. The minimum Gasteiger partial charge on any atom is -0.336 e. The second-order valence-electron chi connectivity index (χ2n) is 5.19. The van der Waals surface area contributed by atoms with Crippen LogP contribution in [-0.4, -0.2) is 53.0 Å². The molecular weight excluding hydrogens is 240 g/mol. The van der Waals surface area contributed by atoms with E-state index in [0.29, 0.717) is 0 Å². The molecule has 104 valence electrons. The lowest BCUT2D eigenvalue weighted by molar-refractivity contribution is 0.133. The van der Waals surface area contributed by atoms with Crippen LogP contribution >= 0.6 is 0 Å². The van der Waals surface area contributed by atoms with E-state index in [4.69, 9.17) is 0 Å². The first-order valence-corrected chi connectivity index (χ1v) is 6.83. The van der Waals surface area contributed by atoms with Crippen molar-refractivity contribution in [2.75, 3.05) is 26.2 Å². The average molecular weight is 262 g/mol. The summed E-state index contributed by atoms with van der Waals surface area (Å²) in [6.45, 7) is 8.20. The summed E-state index contributed by atoms with van der Waals surface area (Å²) in [5.41, 5.74) is 1.09. The predicted molar refractivity (Wildman–Crippen MR) is 74.8 cm³/mol. The van der Waals surface area contributed by atoms with Gasteiger partial charge in [0.25, 0.3) is 0 Å². The van der Waals surface area contributed by atoms with Crippen molar-refractivity contribution in [2.45, 2.75) is 26.4 Å². The average Bonchev–Trinajstić information content (AvgIpc) is 2.40. The molecule has 1 aliphatic rings. The molecular formula is C14H22N4O. The fraction of sp³-hybridized carbons (Fsp3) is 0.571. The molecule has 0 atom stereocenters. The molecule has 0 unspecified atom stereocenters. The topological polar surface area (TPSA) is 48.5 Å².